The molecule has 1 fully saturated rings. The molecular formula is C28H21ClN2O5S. The van der Waals surface area contributed by atoms with Crippen LogP contribution in [0.1, 0.15) is 29.7 Å². The number of aliphatic hydroxyl groups is 1. The molecule has 0 aliphatic carbocycles. The summed E-state index contributed by atoms with van der Waals surface area (Å²) in [6.07, 6.45) is 0.722. The molecule has 7 nitrogen and oxygen atoms in total. The van der Waals surface area contributed by atoms with Gasteiger partial charge in [-0.05, 0) is 66.6 Å². The minimum atomic E-state index is -0.912. The maximum Gasteiger partial charge on any atom is 0.301 e. The van der Waals surface area contributed by atoms with Crippen molar-refractivity contribution in [2.45, 2.75) is 25.5 Å². The van der Waals surface area contributed by atoms with Crippen LogP contribution < -0.4 is 14.4 Å². The lowest BCUT2D eigenvalue weighted by Crippen LogP contribution is -2.29. The minimum absolute atomic E-state index is 0.0176. The second-order valence-electron chi connectivity index (χ2n) is 9.01. The number of ether oxygens (including phenoxy) is 2. The Morgan fingerprint density at radius 2 is 2.00 bits per heavy atom. The number of methoxy groups -OCH3 is 1. The van der Waals surface area contributed by atoms with Crippen LogP contribution in [0.2, 0.25) is 5.02 Å². The summed E-state index contributed by atoms with van der Waals surface area (Å²) < 4.78 is 11.9. The van der Waals surface area contributed by atoms with E-state index in [1.165, 1.54) is 16.2 Å². The highest BCUT2D eigenvalue weighted by molar-refractivity contribution is 7.22. The number of Topliss-reactive ketones (excluding diaryl/α,β-unsaturated/α-hetero) is 1. The second kappa shape index (κ2) is 8.90. The number of hydrogen-bond donors (Lipinski definition) is 1. The molecule has 6 rings (SSSR count). The normalized spacial score (nSPS) is 20.4. The average Bonchev–Trinajstić information content (AvgIpc) is 3.55. The number of aliphatic hydroxyl groups excluding tert-OH is 1. The SMILES string of the molecule is COc1ccc2nc(N3C(=O)C(=O)C(=C(O)c4ccc5c(c4)CC(C)O5)C3c3cccc(Cl)c3)sc2c1. The van der Waals surface area contributed by atoms with Crippen LogP contribution in [-0.2, 0) is 16.0 Å². The van der Waals surface area contributed by atoms with Gasteiger partial charge in [-0.15, -0.1) is 0 Å². The van der Waals surface area contributed by atoms with E-state index in [0.29, 0.717) is 39.0 Å². The molecule has 3 heterocycles. The first-order valence-corrected chi connectivity index (χ1v) is 12.8. The highest BCUT2D eigenvalue weighted by Gasteiger charge is 2.48. The van der Waals surface area contributed by atoms with E-state index in [1.807, 2.05) is 13.0 Å². The quantitative estimate of drug-likeness (QED) is 0.200. The molecular weight excluding hydrogens is 512 g/mol. The molecule has 0 bridgehead atoms. The van der Waals surface area contributed by atoms with Crippen LogP contribution in [0.3, 0.4) is 0 Å². The zero-order valence-corrected chi connectivity index (χ0v) is 21.5. The van der Waals surface area contributed by atoms with Gasteiger partial charge in [-0.2, -0.15) is 0 Å². The van der Waals surface area contributed by atoms with Gasteiger partial charge in [-0.3, -0.25) is 14.5 Å². The first-order valence-electron chi connectivity index (χ1n) is 11.6. The van der Waals surface area contributed by atoms with Crippen molar-refractivity contribution < 1.29 is 24.2 Å². The lowest BCUT2D eigenvalue weighted by atomic mass is 9.94. The Kier molecular flexibility index (Phi) is 5.66. The van der Waals surface area contributed by atoms with E-state index >= 15 is 0 Å². The first-order chi connectivity index (χ1) is 17.8. The number of fused-ring (bicyclic) bond motifs is 2. The number of halogens is 1. The van der Waals surface area contributed by atoms with Gasteiger partial charge >= 0.3 is 5.91 Å². The van der Waals surface area contributed by atoms with E-state index in [1.54, 1.807) is 61.7 Å². The molecule has 4 aromatic rings. The molecule has 0 saturated carbocycles. The highest BCUT2D eigenvalue weighted by atomic mass is 35.5. The number of rotatable bonds is 4. The number of carbonyl (C=O) groups is 2. The summed E-state index contributed by atoms with van der Waals surface area (Å²) >= 11 is 7.57. The Labute approximate surface area is 221 Å². The van der Waals surface area contributed by atoms with Gasteiger partial charge in [0.2, 0.25) is 0 Å². The molecule has 3 aromatic carbocycles. The fourth-order valence-electron chi connectivity index (χ4n) is 4.87. The molecule has 37 heavy (non-hydrogen) atoms. The van der Waals surface area contributed by atoms with E-state index in [9.17, 15) is 14.7 Å². The third kappa shape index (κ3) is 3.93. The number of ketones is 1. The Hall–Kier alpha value is -3.88. The fourth-order valence-corrected chi connectivity index (χ4v) is 6.09. The summed E-state index contributed by atoms with van der Waals surface area (Å²) in [6, 6.07) is 16.7. The molecule has 2 aliphatic heterocycles. The Morgan fingerprint density at radius 3 is 2.78 bits per heavy atom. The van der Waals surface area contributed by atoms with Gasteiger partial charge in [0.25, 0.3) is 5.78 Å². The molecule has 2 atom stereocenters. The van der Waals surface area contributed by atoms with Gasteiger partial charge in [0, 0.05) is 17.0 Å². The molecule has 0 spiro atoms. The summed E-state index contributed by atoms with van der Waals surface area (Å²) in [7, 11) is 1.58. The van der Waals surface area contributed by atoms with Crippen LogP contribution >= 0.6 is 22.9 Å². The summed E-state index contributed by atoms with van der Waals surface area (Å²) in [4.78, 5) is 32.9. The minimum Gasteiger partial charge on any atom is -0.507 e. The Balaban J connectivity index is 1.53. The molecule has 2 unspecified atom stereocenters. The van der Waals surface area contributed by atoms with Gasteiger partial charge in [-0.25, -0.2) is 4.98 Å². The van der Waals surface area contributed by atoms with E-state index in [2.05, 4.69) is 4.98 Å². The van der Waals surface area contributed by atoms with E-state index in [-0.39, 0.29) is 17.4 Å². The predicted octanol–water partition coefficient (Wildman–Crippen LogP) is 5.91. The highest BCUT2D eigenvalue weighted by Crippen LogP contribution is 2.45. The first kappa shape index (κ1) is 23.5. The molecule has 1 N–H and O–H groups in total. The molecule has 1 saturated heterocycles. The van der Waals surface area contributed by atoms with Crippen LogP contribution in [0, 0.1) is 0 Å². The van der Waals surface area contributed by atoms with Crippen molar-refractivity contribution in [2.24, 2.45) is 0 Å². The Morgan fingerprint density at radius 1 is 1.16 bits per heavy atom. The maximum atomic E-state index is 13.5. The molecule has 186 valence electrons. The van der Waals surface area contributed by atoms with Crippen molar-refractivity contribution >= 4 is 55.7 Å². The zero-order chi connectivity index (χ0) is 25.8. The molecule has 1 aromatic heterocycles. The third-order valence-electron chi connectivity index (χ3n) is 6.57. The van der Waals surface area contributed by atoms with Crippen LogP contribution in [0.15, 0.2) is 66.2 Å². The van der Waals surface area contributed by atoms with Crippen molar-refractivity contribution in [1.82, 2.24) is 4.98 Å². The number of hydrogen-bond acceptors (Lipinski definition) is 7. The zero-order valence-electron chi connectivity index (χ0n) is 19.9. The van der Waals surface area contributed by atoms with Crippen molar-refractivity contribution in [3.8, 4) is 11.5 Å². The van der Waals surface area contributed by atoms with Crippen LogP contribution in [0.4, 0.5) is 5.13 Å². The number of thiazole rings is 1. The van der Waals surface area contributed by atoms with Gasteiger partial charge in [0.1, 0.15) is 23.4 Å². The third-order valence-corrected chi connectivity index (χ3v) is 7.82. The number of aromatic nitrogens is 1. The summed E-state index contributed by atoms with van der Waals surface area (Å²) in [5, 5.41) is 12.2. The maximum absolute atomic E-state index is 13.5. The van der Waals surface area contributed by atoms with E-state index in [4.69, 9.17) is 21.1 Å². The van der Waals surface area contributed by atoms with E-state index < -0.39 is 17.7 Å². The van der Waals surface area contributed by atoms with E-state index in [0.717, 1.165) is 16.0 Å². The van der Waals surface area contributed by atoms with Crippen LogP contribution in [0.5, 0.6) is 11.5 Å². The van der Waals surface area contributed by atoms with Crippen LogP contribution in [-0.4, -0.2) is 35.0 Å². The van der Waals surface area contributed by atoms with Gasteiger partial charge < -0.3 is 14.6 Å². The number of amides is 1. The van der Waals surface area contributed by atoms with Crippen LogP contribution in [0.25, 0.3) is 16.0 Å². The summed E-state index contributed by atoms with van der Waals surface area (Å²) in [5.74, 6) is -0.400. The van der Waals surface area contributed by atoms with Gasteiger partial charge in [0.15, 0.2) is 5.13 Å². The number of anilines is 1. The number of benzene rings is 3. The number of nitrogens with zero attached hydrogens (tertiary/aromatic N) is 2. The topological polar surface area (TPSA) is 89.0 Å². The number of carbonyl (C=O) groups excluding carboxylic acids is 2. The monoisotopic (exact) mass is 532 g/mol. The predicted molar refractivity (Wildman–Crippen MR) is 143 cm³/mol. The average molecular weight is 533 g/mol. The lowest BCUT2D eigenvalue weighted by molar-refractivity contribution is -0.132. The second-order valence-corrected chi connectivity index (χ2v) is 10.5. The van der Waals surface area contributed by atoms with Crippen molar-refractivity contribution in [3.05, 3.63) is 87.9 Å². The standard InChI is InChI=1S/C28H21ClN2O5S/c1-14-10-17-11-16(6-9-21(17)36-14)25(32)23-24(15-4-3-5-18(29)12-15)31(27(34)26(23)33)28-30-20-8-7-19(35-2)13-22(20)37-28/h3-9,11-14,24,32H,10H2,1-2H3. The van der Waals surface area contributed by atoms with Gasteiger partial charge in [0.05, 0.1) is 28.9 Å². The smallest absolute Gasteiger partial charge is 0.301 e. The molecule has 2 aliphatic rings. The molecule has 1 amide bonds. The summed E-state index contributed by atoms with van der Waals surface area (Å²) in [5.41, 5.74) is 2.61. The van der Waals surface area contributed by atoms with Crippen molar-refractivity contribution in [2.75, 3.05) is 12.0 Å². The Bertz CT molecular complexity index is 1630. The summed E-state index contributed by atoms with van der Waals surface area (Å²) in [6.45, 7) is 1.97. The largest absolute Gasteiger partial charge is 0.507 e. The van der Waals surface area contributed by atoms with Crippen molar-refractivity contribution in [1.29, 1.82) is 0 Å². The van der Waals surface area contributed by atoms with Crippen molar-refractivity contribution in [3.63, 3.8) is 0 Å². The fraction of sp³-hybridized carbons (Fsp3) is 0.179. The van der Waals surface area contributed by atoms with Gasteiger partial charge in [-0.1, -0.05) is 35.1 Å². The molecule has 0 radical (unpaired) electrons. The lowest BCUT2D eigenvalue weighted by Gasteiger charge is -2.23. The molecule has 9 heteroatoms.